The van der Waals surface area contributed by atoms with Crippen molar-refractivity contribution in [2.45, 2.75) is 25.9 Å². The van der Waals surface area contributed by atoms with E-state index in [9.17, 15) is 4.39 Å². The molecule has 1 fully saturated rings. The van der Waals surface area contributed by atoms with E-state index in [2.05, 4.69) is 28.2 Å². The van der Waals surface area contributed by atoms with Gasteiger partial charge in [-0.3, -0.25) is 0 Å². The van der Waals surface area contributed by atoms with Crippen molar-refractivity contribution in [2.24, 2.45) is 5.41 Å². The van der Waals surface area contributed by atoms with Gasteiger partial charge in [0.2, 0.25) is 0 Å². The van der Waals surface area contributed by atoms with Crippen LogP contribution in [0.1, 0.15) is 18.9 Å². The van der Waals surface area contributed by atoms with Crippen LogP contribution in [0.4, 0.5) is 4.39 Å². The summed E-state index contributed by atoms with van der Waals surface area (Å²) in [5.41, 5.74) is 0.773. The highest BCUT2D eigenvalue weighted by Crippen LogP contribution is 2.38. The molecule has 1 saturated heterocycles. The molecule has 1 aromatic carbocycles. The number of hydrogen-bond donors (Lipinski definition) is 1. The molecule has 0 bridgehead atoms. The minimum atomic E-state index is -0.140. The Kier molecular flexibility index (Phi) is 4.41. The number of ether oxygens (including phenoxy) is 1. The summed E-state index contributed by atoms with van der Waals surface area (Å²) in [7, 11) is 1.94. The van der Waals surface area contributed by atoms with Crippen LogP contribution in [-0.2, 0) is 11.2 Å². The molecular weight excluding hydrogens is 297 g/mol. The Morgan fingerprint density at radius 1 is 1.56 bits per heavy atom. The zero-order chi connectivity index (χ0) is 13.2. The second kappa shape index (κ2) is 5.68. The molecule has 1 aromatic rings. The van der Waals surface area contributed by atoms with Crippen LogP contribution in [0.3, 0.4) is 0 Å². The Morgan fingerprint density at radius 3 is 2.89 bits per heavy atom. The van der Waals surface area contributed by atoms with E-state index in [1.54, 1.807) is 0 Å². The van der Waals surface area contributed by atoms with Gasteiger partial charge in [0.25, 0.3) is 0 Å². The molecule has 0 spiro atoms. The molecule has 1 N–H and O–H groups in total. The predicted molar refractivity (Wildman–Crippen MR) is 74.2 cm³/mol. The first kappa shape index (κ1) is 14.0. The molecule has 2 atom stereocenters. The van der Waals surface area contributed by atoms with Gasteiger partial charge in [0.15, 0.2) is 0 Å². The monoisotopic (exact) mass is 315 g/mol. The Labute approximate surface area is 116 Å². The van der Waals surface area contributed by atoms with Crippen LogP contribution >= 0.6 is 15.9 Å². The average molecular weight is 316 g/mol. The first-order valence-corrected chi connectivity index (χ1v) is 7.07. The summed E-state index contributed by atoms with van der Waals surface area (Å²) in [6.45, 7) is 3.70. The van der Waals surface area contributed by atoms with Gasteiger partial charge in [0.05, 0.1) is 6.10 Å². The minimum absolute atomic E-state index is 0.00339. The lowest BCUT2D eigenvalue weighted by atomic mass is 9.76. The Balaban J connectivity index is 2.23. The normalized spacial score (nSPS) is 27.7. The lowest BCUT2D eigenvalue weighted by Crippen LogP contribution is -2.40. The van der Waals surface area contributed by atoms with Crippen molar-refractivity contribution in [1.29, 1.82) is 0 Å². The van der Waals surface area contributed by atoms with Crippen LogP contribution in [0.2, 0.25) is 0 Å². The number of benzene rings is 1. The molecule has 1 aliphatic rings. The molecule has 100 valence electrons. The van der Waals surface area contributed by atoms with Crippen molar-refractivity contribution in [3.8, 4) is 0 Å². The third-order valence-corrected chi connectivity index (χ3v) is 4.41. The summed E-state index contributed by atoms with van der Waals surface area (Å²) in [5.74, 6) is -0.140. The quantitative estimate of drug-likeness (QED) is 0.921. The third-order valence-electron chi connectivity index (χ3n) is 3.92. The van der Waals surface area contributed by atoms with E-state index >= 15 is 0 Å². The summed E-state index contributed by atoms with van der Waals surface area (Å²) in [4.78, 5) is 0. The van der Waals surface area contributed by atoms with E-state index < -0.39 is 0 Å². The first-order valence-electron chi connectivity index (χ1n) is 6.27. The van der Waals surface area contributed by atoms with Crippen LogP contribution in [0.5, 0.6) is 0 Å². The molecule has 0 amide bonds. The van der Waals surface area contributed by atoms with E-state index in [1.807, 2.05) is 19.2 Å². The molecule has 18 heavy (non-hydrogen) atoms. The summed E-state index contributed by atoms with van der Waals surface area (Å²) in [5, 5.41) is 3.22. The summed E-state index contributed by atoms with van der Waals surface area (Å²) in [6, 6.07) is 5.29. The molecule has 1 heterocycles. The maximum absolute atomic E-state index is 14.0. The molecule has 4 heteroatoms. The zero-order valence-corrected chi connectivity index (χ0v) is 12.4. The van der Waals surface area contributed by atoms with Gasteiger partial charge in [0, 0.05) is 23.0 Å². The maximum Gasteiger partial charge on any atom is 0.127 e. The number of rotatable bonds is 4. The highest BCUT2D eigenvalue weighted by Gasteiger charge is 2.41. The van der Waals surface area contributed by atoms with E-state index in [0.717, 1.165) is 29.6 Å². The van der Waals surface area contributed by atoms with Crippen molar-refractivity contribution in [2.75, 3.05) is 20.2 Å². The van der Waals surface area contributed by atoms with Crippen LogP contribution in [-0.4, -0.2) is 26.3 Å². The third kappa shape index (κ3) is 2.76. The fourth-order valence-electron chi connectivity index (χ4n) is 2.74. The van der Waals surface area contributed by atoms with Crippen molar-refractivity contribution >= 4 is 15.9 Å². The lowest BCUT2D eigenvalue weighted by molar-refractivity contribution is 0.0636. The molecule has 2 unspecified atom stereocenters. The van der Waals surface area contributed by atoms with Gasteiger partial charge in [-0.1, -0.05) is 22.0 Å². The molecule has 0 aliphatic carbocycles. The number of halogens is 2. The summed E-state index contributed by atoms with van der Waals surface area (Å²) < 4.78 is 20.4. The minimum Gasteiger partial charge on any atom is -0.378 e. The van der Waals surface area contributed by atoms with Gasteiger partial charge >= 0.3 is 0 Å². The Bertz CT molecular complexity index is 426. The Hall–Kier alpha value is -0.450. The molecule has 0 aromatic heterocycles. The Morgan fingerprint density at radius 2 is 2.33 bits per heavy atom. The van der Waals surface area contributed by atoms with Gasteiger partial charge in [0.1, 0.15) is 5.82 Å². The topological polar surface area (TPSA) is 21.3 Å². The summed E-state index contributed by atoms with van der Waals surface area (Å²) >= 11 is 3.29. The molecule has 1 aliphatic heterocycles. The molecule has 0 radical (unpaired) electrons. The van der Waals surface area contributed by atoms with Gasteiger partial charge in [-0.2, -0.15) is 0 Å². The van der Waals surface area contributed by atoms with Crippen molar-refractivity contribution in [3.63, 3.8) is 0 Å². The van der Waals surface area contributed by atoms with Crippen molar-refractivity contribution in [3.05, 3.63) is 34.1 Å². The molecular formula is C14H19BrFNO. The second-order valence-corrected chi connectivity index (χ2v) is 5.98. The van der Waals surface area contributed by atoms with Crippen molar-refractivity contribution < 1.29 is 9.13 Å². The van der Waals surface area contributed by atoms with Crippen LogP contribution in [0.25, 0.3) is 0 Å². The predicted octanol–water partition coefficient (Wildman–Crippen LogP) is 3.15. The van der Waals surface area contributed by atoms with E-state index in [4.69, 9.17) is 4.74 Å². The molecule has 0 saturated carbocycles. The van der Waals surface area contributed by atoms with E-state index in [0.29, 0.717) is 6.42 Å². The van der Waals surface area contributed by atoms with Gasteiger partial charge in [-0.05, 0) is 44.5 Å². The van der Waals surface area contributed by atoms with E-state index in [-0.39, 0.29) is 17.3 Å². The van der Waals surface area contributed by atoms with Crippen molar-refractivity contribution in [1.82, 2.24) is 5.32 Å². The smallest absolute Gasteiger partial charge is 0.127 e. The largest absolute Gasteiger partial charge is 0.378 e. The highest BCUT2D eigenvalue weighted by atomic mass is 79.9. The fourth-order valence-corrected chi connectivity index (χ4v) is 3.08. The zero-order valence-electron chi connectivity index (χ0n) is 10.8. The lowest BCUT2D eigenvalue weighted by Gasteiger charge is -2.32. The van der Waals surface area contributed by atoms with Gasteiger partial charge in [-0.25, -0.2) is 4.39 Å². The number of hydrogen-bond acceptors (Lipinski definition) is 2. The highest BCUT2D eigenvalue weighted by molar-refractivity contribution is 9.10. The van der Waals surface area contributed by atoms with Crippen LogP contribution in [0.15, 0.2) is 22.7 Å². The van der Waals surface area contributed by atoms with Gasteiger partial charge in [-0.15, -0.1) is 0 Å². The number of nitrogens with one attached hydrogen (secondary N) is 1. The second-order valence-electron chi connectivity index (χ2n) is 5.07. The first-order chi connectivity index (χ1) is 8.57. The standard InChI is InChI=1S/C14H19BrFNO/c1-10-14(9-17-2,5-6-18-10)8-11-3-4-12(15)7-13(11)16/h3-4,7,10,17H,5-6,8-9H2,1-2H3. The molecule has 2 rings (SSSR count). The van der Waals surface area contributed by atoms with Crippen LogP contribution < -0.4 is 5.32 Å². The maximum atomic E-state index is 14.0. The SMILES string of the molecule is CNCC1(Cc2ccc(Br)cc2F)CCOC1C. The van der Waals surface area contributed by atoms with Gasteiger partial charge < -0.3 is 10.1 Å². The average Bonchev–Trinajstić information content (AvgIpc) is 2.65. The van der Waals surface area contributed by atoms with E-state index in [1.165, 1.54) is 6.07 Å². The summed E-state index contributed by atoms with van der Waals surface area (Å²) in [6.07, 6.45) is 1.85. The fraction of sp³-hybridized carbons (Fsp3) is 0.571. The van der Waals surface area contributed by atoms with Crippen LogP contribution in [0, 0.1) is 11.2 Å². The molecule has 2 nitrogen and oxygen atoms in total.